The second kappa shape index (κ2) is 11.2. The Kier molecular flexibility index (Phi) is 7.97. The van der Waals surface area contributed by atoms with Crippen LogP contribution in [-0.2, 0) is 14.6 Å². The van der Waals surface area contributed by atoms with Crippen molar-refractivity contribution >= 4 is 44.8 Å². The summed E-state index contributed by atoms with van der Waals surface area (Å²) in [7, 11) is -4.10. The molecule has 7 nitrogen and oxygen atoms in total. The van der Waals surface area contributed by atoms with Crippen molar-refractivity contribution in [2.75, 3.05) is 17.7 Å². The number of thioether (sulfide) groups is 1. The molecule has 36 heavy (non-hydrogen) atoms. The van der Waals surface area contributed by atoms with Gasteiger partial charge >= 0.3 is 0 Å². The van der Waals surface area contributed by atoms with Crippen LogP contribution >= 0.6 is 23.4 Å². The summed E-state index contributed by atoms with van der Waals surface area (Å²) < 4.78 is 51.2. The molecule has 0 unspecified atom stereocenters. The number of hydrogen-bond acceptors (Lipinski definition) is 7. The molecule has 1 amide bonds. The number of benzene rings is 3. The smallest absolute Gasteiger partial charge is 0.234 e. The highest BCUT2D eigenvalue weighted by atomic mass is 35.5. The Balaban J connectivity index is 1.59. The highest BCUT2D eigenvalue weighted by molar-refractivity contribution is 8.00. The van der Waals surface area contributed by atoms with Crippen molar-refractivity contribution in [1.82, 2.24) is 4.98 Å². The zero-order valence-corrected chi connectivity index (χ0v) is 21.3. The number of amides is 1. The summed E-state index contributed by atoms with van der Waals surface area (Å²) >= 11 is 6.78. The lowest BCUT2D eigenvalue weighted by atomic mass is 10.2. The standard InChI is InChI=1S/C25H20ClFN2O5S2/c1-2-33-20-11-9-19(10-12-20)28-22(30)15-35-25-24(36(31,32)21-13-5-17(26)6-14-21)29-23(34-25)16-3-7-18(27)8-4-16/h3-14H,2,15H2,1H3,(H,28,30). The first-order valence-corrected chi connectivity index (χ1v) is 13.5. The number of sulfone groups is 1. The molecule has 0 saturated carbocycles. The van der Waals surface area contributed by atoms with Gasteiger partial charge in [0.15, 0.2) is 0 Å². The van der Waals surface area contributed by atoms with E-state index in [9.17, 15) is 17.6 Å². The molecule has 1 N–H and O–H groups in total. The van der Waals surface area contributed by atoms with Crippen molar-refractivity contribution in [3.63, 3.8) is 0 Å². The monoisotopic (exact) mass is 546 g/mol. The van der Waals surface area contributed by atoms with E-state index < -0.39 is 15.7 Å². The largest absolute Gasteiger partial charge is 0.494 e. The topological polar surface area (TPSA) is 98.5 Å². The Hall–Kier alpha value is -3.34. The maximum absolute atomic E-state index is 13.4. The zero-order chi connectivity index (χ0) is 25.7. The fourth-order valence-electron chi connectivity index (χ4n) is 3.12. The van der Waals surface area contributed by atoms with E-state index >= 15 is 0 Å². The number of rotatable bonds is 9. The van der Waals surface area contributed by atoms with Crippen LogP contribution < -0.4 is 10.1 Å². The van der Waals surface area contributed by atoms with E-state index in [1.54, 1.807) is 24.3 Å². The molecule has 0 bridgehead atoms. The maximum Gasteiger partial charge on any atom is 0.234 e. The maximum atomic E-state index is 13.4. The Morgan fingerprint density at radius 2 is 1.72 bits per heavy atom. The molecule has 0 aliphatic heterocycles. The van der Waals surface area contributed by atoms with Gasteiger partial charge in [0.05, 0.1) is 17.3 Å². The van der Waals surface area contributed by atoms with E-state index in [1.165, 1.54) is 48.5 Å². The molecule has 0 fully saturated rings. The van der Waals surface area contributed by atoms with Gasteiger partial charge in [-0.3, -0.25) is 4.79 Å². The SMILES string of the molecule is CCOc1ccc(NC(=O)CSc2oc(-c3ccc(F)cc3)nc2S(=O)(=O)c2ccc(Cl)cc2)cc1. The Morgan fingerprint density at radius 3 is 2.36 bits per heavy atom. The van der Waals surface area contributed by atoms with Crippen LogP contribution in [0.1, 0.15) is 6.92 Å². The van der Waals surface area contributed by atoms with Crippen LogP contribution in [0.3, 0.4) is 0 Å². The van der Waals surface area contributed by atoms with Crippen molar-refractivity contribution in [3.05, 3.63) is 83.6 Å². The van der Waals surface area contributed by atoms with E-state index in [0.29, 0.717) is 28.6 Å². The molecule has 0 saturated heterocycles. The van der Waals surface area contributed by atoms with Gasteiger partial charge in [-0.2, -0.15) is 4.98 Å². The third kappa shape index (κ3) is 6.07. The normalized spacial score (nSPS) is 11.3. The van der Waals surface area contributed by atoms with E-state index in [1.807, 2.05) is 6.92 Å². The second-order valence-corrected chi connectivity index (χ2v) is 10.6. The molecule has 0 spiro atoms. The van der Waals surface area contributed by atoms with Crippen LogP contribution in [0, 0.1) is 5.82 Å². The van der Waals surface area contributed by atoms with Gasteiger partial charge in [0.1, 0.15) is 11.6 Å². The lowest BCUT2D eigenvalue weighted by molar-refractivity contribution is -0.113. The predicted octanol–water partition coefficient (Wildman–Crippen LogP) is 6.10. The molecule has 0 atom stereocenters. The molecule has 0 aliphatic rings. The van der Waals surface area contributed by atoms with E-state index in [-0.39, 0.29) is 32.6 Å². The highest BCUT2D eigenvalue weighted by Crippen LogP contribution is 2.35. The number of nitrogens with zero attached hydrogens (tertiary/aromatic N) is 1. The van der Waals surface area contributed by atoms with E-state index in [0.717, 1.165) is 11.8 Å². The van der Waals surface area contributed by atoms with Gasteiger partial charge in [-0.15, -0.1) is 0 Å². The summed E-state index contributed by atoms with van der Waals surface area (Å²) in [5.41, 5.74) is 0.942. The fourth-order valence-corrected chi connectivity index (χ4v) is 5.58. The minimum Gasteiger partial charge on any atom is -0.494 e. The molecule has 1 heterocycles. The number of halogens is 2. The second-order valence-electron chi connectivity index (χ2n) is 7.37. The van der Waals surface area contributed by atoms with Gasteiger partial charge in [-0.25, -0.2) is 12.8 Å². The number of anilines is 1. The first-order valence-electron chi connectivity index (χ1n) is 10.7. The summed E-state index contributed by atoms with van der Waals surface area (Å²) in [5.74, 6) is -0.318. The first-order chi connectivity index (χ1) is 17.3. The Labute approximate surface area is 216 Å². The zero-order valence-electron chi connectivity index (χ0n) is 18.9. The molecule has 4 rings (SSSR count). The number of aromatic nitrogens is 1. The molecular weight excluding hydrogens is 527 g/mol. The van der Waals surface area contributed by atoms with Gasteiger partial charge in [-0.05, 0) is 79.7 Å². The van der Waals surface area contributed by atoms with Gasteiger partial charge in [0.25, 0.3) is 0 Å². The summed E-state index contributed by atoms with van der Waals surface area (Å²) in [5, 5.41) is 2.71. The molecule has 3 aromatic carbocycles. The van der Waals surface area contributed by atoms with Gasteiger partial charge < -0.3 is 14.5 Å². The van der Waals surface area contributed by atoms with Gasteiger partial charge in [0, 0.05) is 16.3 Å². The Morgan fingerprint density at radius 1 is 1.06 bits per heavy atom. The van der Waals surface area contributed by atoms with Crippen molar-refractivity contribution < 1.29 is 26.8 Å². The summed E-state index contributed by atoms with van der Waals surface area (Å²) in [4.78, 5) is 16.7. The molecule has 1 aromatic heterocycles. The van der Waals surface area contributed by atoms with Crippen molar-refractivity contribution in [3.8, 4) is 17.2 Å². The number of nitrogens with one attached hydrogen (secondary N) is 1. The summed E-state index contributed by atoms with van der Waals surface area (Å²) in [6.45, 7) is 2.40. The quantitative estimate of drug-likeness (QED) is 0.253. The number of ether oxygens (including phenoxy) is 1. The molecule has 4 aromatic rings. The van der Waals surface area contributed by atoms with Crippen molar-refractivity contribution in [1.29, 1.82) is 0 Å². The lowest BCUT2D eigenvalue weighted by Crippen LogP contribution is -2.14. The average Bonchev–Trinajstić information content (AvgIpc) is 3.30. The molecule has 0 aliphatic carbocycles. The first kappa shape index (κ1) is 25.7. The van der Waals surface area contributed by atoms with Crippen LogP contribution in [0.4, 0.5) is 10.1 Å². The predicted molar refractivity (Wildman–Crippen MR) is 136 cm³/mol. The number of oxazole rings is 1. The average molecular weight is 547 g/mol. The number of hydrogen-bond donors (Lipinski definition) is 1. The molecule has 0 radical (unpaired) electrons. The van der Waals surface area contributed by atoms with Crippen molar-refractivity contribution in [2.45, 2.75) is 21.9 Å². The van der Waals surface area contributed by atoms with E-state index in [4.69, 9.17) is 20.8 Å². The van der Waals surface area contributed by atoms with Crippen LogP contribution in [0.25, 0.3) is 11.5 Å². The fraction of sp³-hybridized carbons (Fsp3) is 0.120. The highest BCUT2D eigenvalue weighted by Gasteiger charge is 2.29. The molecular formula is C25H20ClFN2O5S2. The summed E-state index contributed by atoms with van der Waals surface area (Å²) in [6, 6.07) is 17.7. The number of carbonyl (C=O) groups excluding carboxylic acids is 1. The lowest BCUT2D eigenvalue weighted by Gasteiger charge is -2.07. The summed E-state index contributed by atoms with van der Waals surface area (Å²) in [6.07, 6.45) is 0. The van der Waals surface area contributed by atoms with Crippen molar-refractivity contribution in [2.24, 2.45) is 0 Å². The molecule has 11 heteroatoms. The van der Waals surface area contributed by atoms with Crippen LogP contribution in [-0.4, -0.2) is 31.7 Å². The van der Waals surface area contributed by atoms with E-state index in [2.05, 4.69) is 10.3 Å². The minimum absolute atomic E-state index is 0.0167. The molecule has 186 valence electrons. The van der Waals surface area contributed by atoms with Crippen LogP contribution in [0.5, 0.6) is 5.75 Å². The number of carbonyl (C=O) groups is 1. The van der Waals surface area contributed by atoms with Gasteiger partial charge in [0.2, 0.25) is 31.8 Å². The van der Waals surface area contributed by atoms with Crippen LogP contribution in [0.2, 0.25) is 5.02 Å². The van der Waals surface area contributed by atoms with Crippen LogP contribution in [0.15, 0.2) is 92.2 Å². The Bertz CT molecular complexity index is 1460. The minimum atomic E-state index is -4.10. The third-order valence-corrected chi connectivity index (χ3v) is 7.83. The van der Waals surface area contributed by atoms with Gasteiger partial charge in [-0.1, -0.05) is 23.4 Å². The third-order valence-electron chi connectivity index (χ3n) is 4.82.